The molecule has 0 amide bonds. The molecular weight excluding hydrogens is 381 g/mol. The second kappa shape index (κ2) is 7.35. The molecule has 3 aromatic carbocycles. The first kappa shape index (κ1) is 17.6. The molecule has 0 fully saturated rings. The minimum Gasteiger partial charge on any atom is -0.457 e. The molecule has 0 spiro atoms. The maximum atomic E-state index is 12.5. The zero-order valence-electron chi connectivity index (χ0n) is 12.8. The van der Waals surface area contributed by atoms with Gasteiger partial charge in [-0.1, -0.05) is 41.4 Å². The van der Waals surface area contributed by atoms with Gasteiger partial charge < -0.3 is 4.74 Å². The quantitative estimate of drug-likeness (QED) is 0.614. The number of rotatable bonds is 5. The third kappa shape index (κ3) is 4.45. The lowest BCUT2D eigenvalue weighted by molar-refractivity contribution is 0.482. The van der Waals surface area contributed by atoms with Crippen LogP contribution in [0.1, 0.15) is 0 Å². The van der Waals surface area contributed by atoms with Gasteiger partial charge in [-0.15, -0.1) is 0 Å². The van der Waals surface area contributed by atoms with Gasteiger partial charge >= 0.3 is 0 Å². The van der Waals surface area contributed by atoms with Crippen molar-refractivity contribution in [2.75, 3.05) is 4.72 Å². The Morgan fingerprint density at radius 3 is 2.12 bits per heavy atom. The number of ether oxygens (including phenoxy) is 1. The molecule has 1 N–H and O–H groups in total. The first-order valence-corrected chi connectivity index (χ1v) is 9.49. The summed E-state index contributed by atoms with van der Waals surface area (Å²) in [6.45, 7) is 0. The van der Waals surface area contributed by atoms with E-state index in [1.165, 1.54) is 24.3 Å². The molecule has 0 bridgehead atoms. The van der Waals surface area contributed by atoms with Crippen LogP contribution in [0.15, 0.2) is 77.7 Å². The summed E-state index contributed by atoms with van der Waals surface area (Å²) in [7, 11) is -3.79. The zero-order chi connectivity index (χ0) is 17.9. The lowest BCUT2D eigenvalue weighted by Crippen LogP contribution is -2.13. The van der Waals surface area contributed by atoms with E-state index in [-0.39, 0.29) is 15.6 Å². The van der Waals surface area contributed by atoms with Gasteiger partial charge in [0.2, 0.25) is 0 Å². The Kier molecular flexibility index (Phi) is 5.18. The predicted molar refractivity (Wildman–Crippen MR) is 100 cm³/mol. The molecule has 0 aromatic heterocycles. The number of nitrogens with one attached hydrogen (secondary N) is 1. The highest BCUT2D eigenvalue weighted by atomic mass is 35.5. The fourth-order valence-corrected chi connectivity index (χ4v) is 3.55. The summed E-state index contributed by atoms with van der Waals surface area (Å²) in [5.41, 5.74) is 0.221. The van der Waals surface area contributed by atoms with Crippen molar-refractivity contribution < 1.29 is 13.2 Å². The van der Waals surface area contributed by atoms with Crippen LogP contribution in [0.5, 0.6) is 11.5 Å². The predicted octanol–water partition coefficient (Wildman–Crippen LogP) is 5.59. The van der Waals surface area contributed by atoms with Crippen LogP contribution in [0.25, 0.3) is 0 Å². The Balaban J connectivity index is 1.79. The molecule has 0 saturated heterocycles. The molecule has 0 saturated carbocycles. The van der Waals surface area contributed by atoms with Crippen molar-refractivity contribution in [3.05, 3.63) is 82.8 Å². The number of benzene rings is 3. The Morgan fingerprint density at radius 2 is 1.44 bits per heavy atom. The topological polar surface area (TPSA) is 55.4 Å². The second-order valence-electron chi connectivity index (χ2n) is 5.12. The summed E-state index contributed by atoms with van der Waals surface area (Å²) in [5.74, 6) is 1.20. The summed E-state index contributed by atoms with van der Waals surface area (Å²) in [5, 5.41) is 0.644. The molecular formula is C18H13Cl2NO3S. The number of para-hydroxylation sites is 1. The number of hydrogen-bond donors (Lipinski definition) is 1. The third-order valence-corrected chi connectivity index (χ3v) is 5.23. The van der Waals surface area contributed by atoms with Crippen LogP contribution >= 0.6 is 23.2 Å². The van der Waals surface area contributed by atoms with Gasteiger partial charge in [-0.3, -0.25) is 4.72 Å². The molecule has 128 valence electrons. The Labute approximate surface area is 156 Å². The van der Waals surface area contributed by atoms with Crippen molar-refractivity contribution in [2.45, 2.75) is 4.90 Å². The van der Waals surface area contributed by atoms with Gasteiger partial charge in [0.1, 0.15) is 11.5 Å². The van der Waals surface area contributed by atoms with E-state index >= 15 is 0 Å². The summed E-state index contributed by atoms with van der Waals surface area (Å²) in [4.78, 5) is 0.0870. The van der Waals surface area contributed by atoms with Crippen molar-refractivity contribution in [1.29, 1.82) is 0 Å². The molecule has 4 nitrogen and oxygen atoms in total. The molecule has 3 rings (SSSR count). The minimum atomic E-state index is -3.79. The van der Waals surface area contributed by atoms with E-state index in [4.69, 9.17) is 27.9 Å². The highest BCUT2D eigenvalue weighted by Gasteiger charge is 2.16. The number of anilines is 1. The van der Waals surface area contributed by atoms with Crippen LogP contribution in [0.2, 0.25) is 10.0 Å². The van der Waals surface area contributed by atoms with Gasteiger partial charge in [-0.05, 0) is 54.6 Å². The maximum Gasteiger partial charge on any atom is 0.261 e. The van der Waals surface area contributed by atoms with Gasteiger partial charge in [0, 0.05) is 5.02 Å². The van der Waals surface area contributed by atoms with E-state index in [2.05, 4.69) is 4.72 Å². The fourth-order valence-electron chi connectivity index (χ4n) is 2.09. The molecule has 25 heavy (non-hydrogen) atoms. The van der Waals surface area contributed by atoms with E-state index in [9.17, 15) is 8.42 Å². The average molecular weight is 394 g/mol. The van der Waals surface area contributed by atoms with E-state index in [0.717, 1.165) is 0 Å². The van der Waals surface area contributed by atoms with Crippen molar-refractivity contribution in [2.24, 2.45) is 0 Å². The van der Waals surface area contributed by atoms with Crippen LogP contribution < -0.4 is 9.46 Å². The van der Waals surface area contributed by atoms with Crippen LogP contribution in [0.4, 0.5) is 5.69 Å². The number of sulfonamides is 1. The molecule has 0 aliphatic heterocycles. The fraction of sp³-hybridized carbons (Fsp3) is 0. The van der Waals surface area contributed by atoms with E-state index in [0.29, 0.717) is 16.5 Å². The largest absolute Gasteiger partial charge is 0.457 e. The van der Waals surface area contributed by atoms with Crippen molar-refractivity contribution in [3.63, 3.8) is 0 Å². The van der Waals surface area contributed by atoms with Crippen LogP contribution in [0, 0.1) is 0 Å². The van der Waals surface area contributed by atoms with E-state index < -0.39 is 10.0 Å². The maximum absolute atomic E-state index is 12.5. The Bertz CT molecular complexity index is 975. The van der Waals surface area contributed by atoms with Crippen molar-refractivity contribution >= 4 is 38.9 Å². The van der Waals surface area contributed by atoms with E-state index in [1.807, 2.05) is 30.3 Å². The summed E-state index contributed by atoms with van der Waals surface area (Å²) >= 11 is 11.9. The highest BCUT2D eigenvalue weighted by Crippen LogP contribution is 2.28. The second-order valence-corrected chi connectivity index (χ2v) is 7.64. The van der Waals surface area contributed by atoms with Gasteiger partial charge in [0.05, 0.1) is 15.6 Å². The molecule has 0 atom stereocenters. The standard InChI is InChI=1S/C18H13Cl2NO3S/c19-13-6-11-17(20)18(12-13)21-25(22,23)16-9-7-15(8-10-16)24-14-4-2-1-3-5-14/h1-12,21H. The molecule has 0 radical (unpaired) electrons. The Morgan fingerprint density at radius 1 is 0.800 bits per heavy atom. The summed E-state index contributed by atoms with van der Waals surface area (Å²) in [6.07, 6.45) is 0. The molecule has 0 heterocycles. The number of hydrogen-bond acceptors (Lipinski definition) is 3. The smallest absolute Gasteiger partial charge is 0.261 e. The zero-order valence-corrected chi connectivity index (χ0v) is 15.1. The molecule has 0 unspecified atom stereocenters. The normalized spacial score (nSPS) is 11.1. The van der Waals surface area contributed by atoms with Gasteiger partial charge in [-0.25, -0.2) is 8.42 Å². The van der Waals surface area contributed by atoms with Crippen LogP contribution in [-0.4, -0.2) is 8.42 Å². The van der Waals surface area contributed by atoms with Crippen LogP contribution in [-0.2, 0) is 10.0 Å². The summed E-state index contributed by atoms with van der Waals surface area (Å²) < 4.78 is 33.0. The highest BCUT2D eigenvalue weighted by molar-refractivity contribution is 7.92. The Hall–Kier alpha value is -2.21. The molecule has 3 aromatic rings. The van der Waals surface area contributed by atoms with Gasteiger partial charge in [-0.2, -0.15) is 0 Å². The molecule has 7 heteroatoms. The number of halogens is 2. The van der Waals surface area contributed by atoms with Crippen LogP contribution in [0.3, 0.4) is 0 Å². The third-order valence-electron chi connectivity index (χ3n) is 3.29. The van der Waals surface area contributed by atoms with Crippen molar-refractivity contribution in [3.8, 4) is 11.5 Å². The average Bonchev–Trinajstić information content (AvgIpc) is 2.59. The SMILES string of the molecule is O=S(=O)(Nc1cc(Cl)ccc1Cl)c1ccc(Oc2ccccc2)cc1. The van der Waals surface area contributed by atoms with Gasteiger partial charge in [0.25, 0.3) is 10.0 Å². The van der Waals surface area contributed by atoms with E-state index in [1.54, 1.807) is 18.2 Å². The lowest BCUT2D eigenvalue weighted by Gasteiger charge is -2.11. The van der Waals surface area contributed by atoms with Gasteiger partial charge in [0.15, 0.2) is 0 Å². The first-order chi connectivity index (χ1) is 11.9. The molecule has 0 aliphatic carbocycles. The summed E-state index contributed by atoms with van der Waals surface area (Å²) in [6, 6.07) is 19.9. The monoisotopic (exact) mass is 393 g/mol. The van der Waals surface area contributed by atoms with Crippen molar-refractivity contribution in [1.82, 2.24) is 0 Å². The lowest BCUT2D eigenvalue weighted by atomic mass is 10.3. The first-order valence-electron chi connectivity index (χ1n) is 7.25. The minimum absolute atomic E-state index is 0.0870. The molecule has 0 aliphatic rings.